The number of nitriles is 1. The fraction of sp³-hybridized carbons (Fsp3) is 0. The number of fused-ring (bicyclic) bond motifs is 2. The average Bonchev–Trinajstić information content (AvgIpc) is 3.34. The smallest absolute Gasteiger partial charge is 0.137 e. The van der Waals surface area contributed by atoms with E-state index in [2.05, 4.69) is 11.1 Å². The first-order valence-corrected chi connectivity index (χ1v) is 9.65. The number of hydrogen-bond acceptors (Lipinski definition) is 4. The van der Waals surface area contributed by atoms with E-state index in [0.717, 1.165) is 32.8 Å². The highest BCUT2D eigenvalue weighted by Gasteiger charge is 2.15. The molecule has 0 saturated heterocycles. The SMILES string of the molecule is N#C/C(=C\c1c(-c2ccccc2)nc2ccccn12)c1nc2ccccc2s1. The van der Waals surface area contributed by atoms with E-state index >= 15 is 0 Å². The average molecular weight is 378 g/mol. The van der Waals surface area contributed by atoms with Crippen molar-refractivity contribution >= 4 is 38.8 Å². The molecule has 0 saturated carbocycles. The quantitative estimate of drug-likeness (QED) is 0.380. The third-order valence-electron chi connectivity index (χ3n) is 4.54. The molecule has 0 amide bonds. The molecule has 3 heterocycles. The van der Waals surface area contributed by atoms with Crippen molar-refractivity contribution in [2.45, 2.75) is 0 Å². The van der Waals surface area contributed by atoms with E-state index in [4.69, 9.17) is 4.98 Å². The van der Waals surface area contributed by atoms with Crippen LogP contribution in [0.4, 0.5) is 0 Å². The van der Waals surface area contributed by atoms with Gasteiger partial charge in [-0.25, -0.2) is 9.97 Å². The van der Waals surface area contributed by atoms with Gasteiger partial charge in [0.25, 0.3) is 0 Å². The first kappa shape index (κ1) is 16.4. The van der Waals surface area contributed by atoms with Gasteiger partial charge < -0.3 is 0 Å². The molecule has 3 aromatic heterocycles. The Morgan fingerprint density at radius 2 is 1.71 bits per heavy atom. The second kappa shape index (κ2) is 6.76. The van der Waals surface area contributed by atoms with Crippen molar-refractivity contribution in [3.63, 3.8) is 0 Å². The number of pyridine rings is 1. The standard InChI is InChI=1S/C23H14N4S/c24-15-17(23-25-18-10-4-5-11-20(18)28-23)14-19-22(16-8-2-1-3-9-16)26-21-12-6-7-13-27(19)21/h1-14H/b17-14+. The molecular weight excluding hydrogens is 364 g/mol. The van der Waals surface area contributed by atoms with Crippen LogP contribution in [0.5, 0.6) is 0 Å². The van der Waals surface area contributed by atoms with Crippen LogP contribution in [-0.4, -0.2) is 14.4 Å². The number of nitrogens with zero attached hydrogens (tertiary/aromatic N) is 4. The maximum atomic E-state index is 9.86. The van der Waals surface area contributed by atoms with E-state index in [1.165, 1.54) is 11.3 Å². The summed E-state index contributed by atoms with van der Waals surface area (Å²) in [7, 11) is 0. The van der Waals surface area contributed by atoms with Gasteiger partial charge in [-0.2, -0.15) is 5.26 Å². The Morgan fingerprint density at radius 3 is 2.54 bits per heavy atom. The lowest BCUT2D eigenvalue weighted by Gasteiger charge is -2.01. The molecule has 28 heavy (non-hydrogen) atoms. The molecular formula is C23H14N4S. The highest BCUT2D eigenvalue weighted by atomic mass is 32.1. The molecule has 0 aliphatic carbocycles. The minimum atomic E-state index is 0.532. The van der Waals surface area contributed by atoms with Crippen LogP contribution in [0.15, 0.2) is 79.0 Å². The lowest BCUT2D eigenvalue weighted by Crippen LogP contribution is -1.89. The Hall–Kier alpha value is -3.75. The Labute approximate surface area is 165 Å². The molecule has 0 aliphatic rings. The van der Waals surface area contributed by atoms with Crippen molar-refractivity contribution in [2.24, 2.45) is 0 Å². The van der Waals surface area contributed by atoms with Crippen molar-refractivity contribution in [2.75, 3.05) is 0 Å². The summed E-state index contributed by atoms with van der Waals surface area (Å²) in [6.45, 7) is 0. The minimum absolute atomic E-state index is 0.532. The first-order valence-electron chi connectivity index (χ1n) is 8.84. The van der Waals surface area contributed by atoms with Gasteiger partial charge in [0.2, 0.25) is 0 Å². The number of para-hydroxylation sites is 1. The zero-order valence-electron chi connectivity index (χ0n) is 14.8. The van der Waals surface area contributed by atoms with Gasteiger partial charge in [0.05, 0.1) is 27.2 Å². The second-order valence-corrected chi connectivity index (χ2v) is 7.33. The summed E-state index contributed by atoms with van der Waals surface area (Å²) in [6.07, 6.45) is 3.86. The van der Waals surface area contributed by atoms with E-state index in [0.29, 0.717) is 10.6 Å². The van der Waals surface area contributed by atoms with Crippen LogP contribution in [0.2, 0.25) is 0 Å². The maximum Gasteiger partial charge on any atom is 0.137 e. The van der Waals surface area contributed by atoms with E-state index in [1.54, 1.807) is 0 Å². The first-order chi connectivity index (χ1) is 13.8. The third kappa shape index (κ3) is 2.77. The van der Waals surface area contributed by atoms with E-state index in [-0.39, 0.29) is 0 Å². The highest BCUT2D eigenvalue weighted by molar-refractivity contribution is 7.19. The Balaban J connectivity index is 1.74. The topological polar surface area (TPSA) is 54.0 Å². The predicted molar refractivity (Wildman–Crippen MR) is 114 cm³/mol. The van der Waals surface area contributed by atoms with Gasteiger partial charge in [-0.15, -0.1) is 11.3 Å². The predicted octanol–water partition coefficient (Wildman–Crippen LogP) is 5.68. The van der Waals surface area contributed by atoms with Gasteiger partial charge >= 0.3 is 0 Å². The number of thiazole rings is 1. The highest BCUT2D eigenvalue weighted by Crippen LogP contribution is 2.31. The van der Waals surface area contributed by atoms with Crippen LogP contribution < -0.4 is 0 Å². The maximum absolute atomic E-state index is 9.86. The molecule has 0 bridgehead atoms. The molecule has 5 heteroatoms. The fourth-order valence-corrected chi connectivity index (χ4v) is 4.16. The largest absolute Gasteiger partial charge is 0.300 e. The summed E-state index contributed by atoms with van der Waals surface area (Å²) in [5.74, 6) is 0. The molecule has 132 valence electrons. The molecule has 0 atom stereocenters. The molecule has 0 N–H and O–H groups in total. The molecule has 0 spiro atoms. The van der Waals surface area contributed by atoms with Crippen molar-refractivity contribution in [3.05, 3.63) is 89.7 Å². The number of hydrogen-bond donors (Lipinski definition) is 0. The second-order valence-electron chi connectivity index (χ2n) is 6.30. The molecule has 0 fully saturated rings. The van der Waals surface area contributed by atoms with Gasteiger partial charge in [0.1, 0.15) is 16.7 Å². The number of benzene rings is 2. The third-order valence-corrected chi connectivity index (χ3v) is 5.61. The van der Waals surface area contributed by atoms with E-state index in [1.807, 2.05) is 89.5 Å². The summed E-state index contributed by atoms with van der Waals surface area (Å²) in [5.41, 5.74) is 5.01. The summed E-state index contributed by atoms with van der Waals surface area (Å²) in [5, 5.41) is 10.6. The van der Waals surface area contributed by atoms with Gasteiger partial charge in [-0.3, -0.25) is 4.40 Å². The number of rotatable bonds is 3. The number of allylic oxidation sites excluding steroid dienone is 1. The van der Waals surface area contributed by atoms with Crippen LogP contribution in [-0.2, 0) is 0 Å². The summed E-state index contributed by atoms with van der Waals surface area (Å²) in [6, 6.07) is 26.2. The minimum Gasteiger partial charge on any atom is -0.300 e. The molecule has 4 nitrogen and oxygen atoms in total. The van der Waals surface area contributed by atoms with Crippen molar-refractivity contribution in [1.29, 1.82) is 5.26 Å². The fourth-order valence-electron chi connectivity index (χ4n) is 3.23. The van der Waals surface area contributed by atoms with Crippen LogP contribution in [0.25, 0.3) is 38.8 Å². The van der Waals surface area contributed by atoms with Crippen LogP contribution >= 0.6 is 11.3 Å². The molecule has 0 aliphatic heterocycles. The molecule has 5 rings (SSSR count). The van der Waals surface area contributed by atoms with Gasteiger partial charge in [0, 0.05) is 11.8 Å². The normalized spacial score (nSPS) is 11.8. The lowest BCUT2D eigenvalue weighted by atomic mass is 10.1. The van der Waals surface area contributed by atoms with Gasteiger partial charge in [-0.1, -0.05) is 48.5 Å². The Kier molecular flexibility index (Phi) is 3.97. The lowest BCUT2D eigenvalue weighted by molar-refractivity contribution is 1.17. The van der Waals surface area contributed by atoms with Crippen LogP contribution in [0.3, 0.4) is 0 Å². The Bertz CT molecular complexity index is 1340. The summed E-state index contributed by atoms with van der Waals surface area (Å²) >= 11 is 1.53. The zero-order chi connectivity index (χ0) is 18.9. The summed E-state index contributed by atoms with van der Waals surface area (Å²) < 4.78 is 3.08. The number of imidazole rings is 1. The van der Waals surface area contributed by atoms with E-state index in [9.17, 15) is 5.26 Å². The zero-order valence-corrected chi connectivity index (χ0v) is 15.6. The van der Waals surface area contributed by atoms with Crippen molar-refractivity contribution < 1.29 is 0 Å². The Morgan fingerprint density at radius 1 is 0.929 bits per heavy atom. The van der Waals surface area contributed by atoms with E-state index < -0.39 is 0 Å². The monoisotopic (exact) mass is 378 g/mol. The molecule has 2 aromatic carbocycles. The number of aromatic nitrogens is 3. The van der Waals surface area contributed by atoms with Gasteiger partial charge in [0.15, 0.2) is 0 Å². The van der Waals surface area contributed by atoms with Crippen molar-refractivity contribution in [3.8, 4) is 17.3 Å². The van der Waals surface area contributed by atoms with Crippen LogP contribution in [0.1, 0.15) is 10.7 Å². The van der Waals surface area contributed by atoms with Crippen molar-refractivity contribution in [1.82, 2.24) is 14.4 Å². The van der Waals surface area contributed by atoms with Crippen LogP contribution in [0, 0.1) is 11.3 Å². The molecule has 5 aromatic rings. The summed E-state index contributed by atoms with van der Waals surface area (Å²) in [4.78, 5) is 9.44. The van der Waals surface area contributed by atoms with Gasteiger partial charge in [-0.05, 0) is 30.3 Å². The molecule has 0 radical (unpaired) electrons. The molecule has 0 unspecified atom stereocenters.